The Bertz CT molecular complexity index is 379. The summed E-state index contributed by atoms with van der Waals surface area (Å²) < 4.78 is 11.0. The van der Waals surface area contributed by atoms with Gasteiger partial charge in [-0.2, -0.15) is 0 Å². The van der Waals surface area contributed by atoms with Crippen LogP contribution in [0.1, 0.15) is 25.3 Å². The molecule has 0 radical (unpaired) electrons. The number of aliphatic hydroxyl groups excluding tert-OH is 1. The SMILES string of the molecule is CC(Cc1ccccc1)NCC(O)COCC1CCCO1. The third-order valence-corrected chi connectivity index (χ3v) is 3.72. The summed E-state index contributed by atoms with van der Waals surface area (Å²) in [6.07, 6.45) is 2.91. The number of hydrogen-bond donors (Lipinski definition) is 2. The van der Waals surface area contributed by atoms with Gasteiger partial charge in [0.05, 0.1) is 25.4 Å². The maximum atomic E-state index is 9.91. The molecule has 3 atom stereocenters. The summed E-state index contributed by atoms with van der Waals surface area (Å²) in [4.78, 5) is 0. The largest absolute Gasteiger partial charge is 0.389 e. The maximum Gasteiger partial charge on any atom is 0.0897 e. The van der Waals surface area contributed by atoms with Crippen molar-refractivity contribution in [3.63, 3.8) is 0 Å². The summed E-state index contributed by atoms with van der Waals surface area (Å²) in [6, 6.07) is 10.7. The van der Waals surface area contributed by atoms with E-state index in [2.05, 4.69) is 36.5 Å². The molecule has 0 amide bonds. The first-order valence-corrected chi connectivity index (χ1v) is 7.88. The van der Waals surface area contributed by atoms with Crippen LogP contribution in [0.5, 0.6) is 0 Å². The van der Waals surface area contributed by atoms with Gasteiger partial charge in [0.1, 0.15) is 0 Å². The summed E-state index contributed by atoms with van der Waals surface area (Å²) >= 11 is 0. The lowest BCUT2D eigenvalue weighted by molar-refractivity contribution is -0.0168. The van der Waals surface area contributed by atoms with Gasteiger partial charge in [0, 0.05) is 19.2 Å². The van der Waals surface area contributed by atoms with E-state index >= 15 is 0 Å². The predicted molar refractivity (Wildman–Crippen MR) is 83.4 cm³/mol. The molecule has 4 nitrogen and oxygen atoms in total. The molecule has 0 spiro atoms. The van der Waals surface area contributed by atoms with Crippen LogP contribution < -0.4 is 5.32 Å². The Morgan fingerprint density at radius 2 is 2.19 bits per heavy atom. The Morgan fingerprint density at radius 3 is 2.90 bits per heavy atom. The van der Waals surface area contributed by atoms with Gasteiger partial charge in [-0.25, -0.2) is 0 Å². The van der Waals surface area contributed by atoms with Crippen LogP contribution in [0, 0.1) is 0 Å². The van der Waals surface area contributed by atoms with E-state index in [0.717, 1.165) is 25.9 Å². The Labute approximate surface area is 127 Å². The molecule has 0 aliphatic carbocycles. The van der Waals surface area contributed by atoms with Gasteiger partial charge in [-0.1, -0.05) is 30.3 Å². The van der Waals surface area contributed by atoms with Crippen LogP contribution in [0.2, 0.25) is 0 Å². The molecule has 1 saturated heterocycles. The third kappa shape index (κ3) is 6.57. The fourth-order valence-electron chi connectivity index (χ4n) is 2.55. The van der Waals surface area contributed by atoms with Gasteiger partial charge >= 0.3 is 0 Å². The summed E-state index contributed by atoms with van der Waals surface area (Å²) in [5, 5.41) is 13.3. The van der Waals surface area contributed by atoms with Gasteiger partial charge in [0.25, 0.3) is 0 Å². The molecule has 2 N–H and O–H groups in total. The second kappa shape index (κ2) is 9.15. The minimum absolute atomic E-state index is 0.224. The minimum atomic E-state index is -0.468. The first-order valence-electron chi connectivity index (χ1n) is 7.88. The molecule has 4 heteroatoms. The molecule has 1 heterocycles. The van der Waals surface area contributed by atoms with Crippen molar-refractivity contribution in [2.75, 3.05) is 26.4 Å². The van der Waals surface area contributed by atoms with E-state index in [0.29, 0.717) is 25.8 Å². The number of aliphatic hydroxyl groups is 1. The number of rotatable bonds is 9. The Morgan fingerprint density at radius 1 is 1.38 bits per heavy atom. The zero-order valence-electron chi connectivity index (χ0n) is 12.8. The van der Waals surface area contributed by atoms with E-state index in [1.165, 1.54) is 5.56 Å². The smallest absolute Gasteiger partial charge is 0.0897 e. The summed E-state index contributed by atoms with van der Waals surface area (Å²) in [7, 11) is 0. The predicted octanol–water partition coefficient (Wildman–Crippen LogP) is 1.76. The molecular formula is C17H27NO3. The minimum Gasteiger partial charge on any atom is -0.389 e. The normalized spacial score (nSPS) is 21.3. The van der Waals surface area contributed by atoms with E-state index in [1.54, 1.807) is 0 Å². The first-order chi connectivity index (χ1) is 10.2. The van der Waals surface area contributed by atoms with E-state index < -0.39 is 6.10 Å². The van der Waals surface area contributed by atoms with Crippen molar-refractivity contribution in [3.8, 4) is 0 Å². The molecule has 0 saturated carbocycles. The highest BCUT2D eigenvalue weighted by molar-refractivity contribution is 5.15. The fraction of sp³-hybridized carbons (Fsp3) is 0.647. The second-order valence-corrected chi connectivity index (χ2v) is 5.83. The molecule has 2 rings (SSSR count). The Kier molecular flexibility index (Phi) is 7.16. The van der Waals surface area contributed by atoms with E-state index in [-0.39, 0.29) is 6.10 Å². The van der Waals surface area contributed by atoms with Gasteiger partial charge in [0.2, 0.25) is 0 Å². The van der Waals surface area contributed by atoms with Crippen molar-refractivity contribution in [3.05, 3.63) is 35.9 Å². The molecule has 1 aliphatic heterocycles. The summed E-state index contributed by atoms with van der Waals surface area (Å²) in [6.45, 7) is 4.49. The van der Waals surface area contributed by atoms with Crippen molar-refractivity contribution < 1.29 is 14.6 Å². The van der Waals surface area contributed by atoms with Gasteiger partial charge in [-0.15, -0.1) is 0 Å². The number of hydrogen-bond acceptors (Lipinski definition) is 4. The van der Waals surface area contributed by atoms with Crippen LogP contribution in [0.25, 0.3) is 0 Å². The molecule has 1 aromatic carbocycles. The standard InChI is InChI=1S/C17H27NO3/c1-14(10-15-6-3-2-4-7-15)18-11-16(19)12-20-13-17-8-5-9-21-17/h2-4,6-7,14,16-19H,5,8-13H2,1H3. The van der Waals surface area contributed by atoms with Crippen molar-refractivity contribution in [1.82, 2.24) is 5.32 Å². The molecular weight excluding hydrogens is 266 g/mol. The van der Waals surface area contributed by atoms with Crippen molar-refractivity contribution in [1.29, 1.82) is 0 Å². The third-order valence-electron chi connectivity index (χ3n) is 3.72. The average molecular weight is 293 g/mol. The van der Waals surface area contributed by atoms with Gasteiger partial charge in [0.15, 0.2) is 0 Å². The zero-order valence-corrected chi connectivity index (χ0v) is 12.8. The monoisotopic (exact) mass is 293 g/mol. The van der Waals surface area contributed by atoms with Crippen molar-refractivity contribution in [2.24, 2.45) is 0 Å². The van der Waals surface area contributed by atoms with Crippen LogP contribution in [0.3, 0.4) is 0 Å². The lowest BCUT2D eigenvalue weighted by Gasteiger charge is -2.18. The quantitative estimate of drug-likeness (QED) is 0.728. The number of benzene rings is 1. The van der Waals surface area contributed by atoms with Crippen molar-refractivity contribution in [2.45, 2.75) is 44.4 Å². The molecule has 3 unspecified atom stereocenters. The summed E-state index contributed by atoms with van der Waals surface area (Å²) in [5.41, 5.74) is 1.31. The topological polar surface area (TPSA) is 50.7 Å². The lowest BCUT2D eigenvalue weighted by atomic mass is 10.1. The molecule has 1 fully saturated rings. The van der Waals surface area contributed by atoms with Crippen molar-refractivity contribution >= 4 is 0 Å². The lowest BCUT2D eigenvalue weighted by Crippen LogP contribution is -2.37. The Balaban J connectivity index is 1.54. The van der Waals surface area contributed by atoms with Crippen LogP contribution in [0.15, 0.2) is 30.3 Å². The van der Waals surface area contributed by atoms with Gasteiger partial charge in [-0.3, -0.25) is 0 Å². The molecule has 0 aromatic heterocycles. The van der Waals surface area contributed by atoms with Gasteiger partial charge in [-0.05, 0) is 31.7 Å². The Hall–Kier alpha value is -0.940. The average Bonchev–Trinajstić information content (AvgIpc) is 2.99. The van der Waals surface area contributed by atoms with Crippen LogP contribution >= 0.6 is 0 Å². The molecule has 1 aliphatic rings. The van der Waals surface area contributed by atoms with Crippen LogP contribution in [0.4, 0.5) is 0 Å². The molecule has 21 heavy (non-hydrogen) atoms. The van der Waals surface area contributed by atoms with E-state index in [1.807, 2.05) is 6.07 Å². The fourth-order valence-corrected chi connectivity index (χ4v) is 2.55. The van der Waals surface area contributed by atoms with E-state index in [4.69, 9.17) is 9.47 Å². The van der Waals surface area contributed by atoms with Crippen LogP contribution in [-0.4, -0.2) is 49.7 Å². The molecule has 1 aromatic rings. The van der Waals surface area contributed by atoms with Crippen LogP contribution in [-0.2, 0) is 15.9 Å². The number of ether oxygens (including phenoxy) is 2. The van der Waals surface area contributed by atoms with Gasteiger partial charge < -0.3 is 19.9 Å². The first kappa shape index (κ1) is 16.4. The highest BCUT2D eigenvalue weighted by atomic mass is 16.5. The highest BCUT2D eigenvalue weighted by Crippen LogP contribution is 2.11. The zero-order chi connectivity index (χ0) is 14.9. The summed E-state index contributed by atoms with van der Waals surface area (Å²) in [5.74, 6) is 0. The maximum absolute atomic E-state index is 9.91. The second-order valence-electron chi connectivity index (χ2n) is 5.83. The number of nitrogens with one attached hydrogen (secondary N) is 1. The molecule has 118 valence electrons. The van der Waals surface area contributed by atoms with E-state index in [9.17, 15) is 5.11 Å². The highest BCUT2D eigenvalue weighted by Gasteiger charge is 2.16. The molecule has 0 bridgehead atoms.